The molecule has 76 valence electrons. The second-order valence-corrected chi connectivity index (χ2v) is 6.07. The van der Waals surface area contributed by atoms with Gasteiger partial charge in [0.1, 0.15) is 0 Å². The van der Waals surface area contributed by atoms with Gasteiger partial charge in [0.05, 0.1) is 0 Å². The molecule has 0 saturated heterocycles. The molecule has 3 aliphatic carbocycles. The van der Waals surface area contributed by atoms with E-state index in [2.05, 4.69) is 20.1 Å². The van der Waals surface area contributed by atoms with Crippen molar-refractivity contribution < 1.29 is 0 Å². The Labute approximate surface area is 87.1 Å². The van der Waals surface area contributed by atoms with Crippen LogP contribution in [-0.4, -0.2) is 0 Å². The molecule has 3 fully saturated rings. The van der Waals surface area contributed by atoms with Gasteiger partial charge in [-0.3, -0.25) is 0 Å². The van der Waals surface area contributed by atoms with Crippen LogP contribution in [-0.2, 0) is 0 Å². The number of hydrogen-bond donors (Lipinski definition) is 0. The van der Waals surface area contributed by atoms with E-state index in [0.29, 0.717) is 10.8 Å². The lowest BCUT2D eigenvalue weighted by Gasteiger charge is -2.37. The fourth-order valence-electron chi connectivity index (χ4n) is 4.79. The van der Waals surface area contributed by atoms with Crippen LogP contribution in [0.5, 0.6) is 0 Å². The summed E-state index contributed by atoms with van der Waals surface area (Å²) < 4.78 is 0. The van der Waals surface area contributed by atoms with E-state index in [4.69, 9.17) is 0 Å². The molecular formula is C14H20. The lowest BCUT2D eigenvalue weighted by molar-refractivity contribution is 0.114. The minimum atomic E-state index is 0.578. The molecule has 3 rings (SSSR count). The summed E-state index contributed by atoms with van der Waals surface area (Å²) in [6.45, 7) is 11.0. The molecule has 1 spiro atoms. The molecule has 0 aromatic heterocycles. The third-order valence-corrected chi connectivity index (χ3v) is 5.44. The highest BCUT2D eigenvalue weighted by atomic mass is 14.7. The van der Waals surface area contributed by atoms with Crippen LogP contribution < -0.4 is 0 Å². The molecule has 0 amide bonds. The topological polar surface area (TPSA) is 0 Å². The SMILES string of the molecule is C=C1C[C@]2(C)CC[C@H]3C(=C)CC[C@]32C1. The third kappa shape index (κ3) is 0.769. The van der Waals surface area contributed by atoms with E-state index >= 15 is 0 Å². The first kappa shape index (κ1) is 8.76. The molecule has 3 atom stereocenters. The summed E-state index contributed by atoms with van der Waals surface area (Å²) in [6.07, 6.45) is 8.09. The molecule has 0 bridgehead atoms. The molecule has 3 saturated carbocycles. The lowest BCUT2D eigenvalue weighted by atomic mass is 9.66. The molecular weight excluding hydrogens is 168 g/mol. The molecule has 0 radical (unpaired) electrons. The molecule has 0 aromatic rings. The van der Waals surface area contributed by atoms with Crippen LogP contribution in [0.4, 0.5) is 0 Å². The van der Waals surface area contributed by atoms with Crippen molar-refractivity contribution in [3.63, 3.8) is 0 Å². The first-order valence-corrected chi connectivity index (χ1v) is 5.92. The molecule has 0 heterocycles. The largest absolute Gasteiger partial charge is 0.0998 e. The highest BCUT2D eigenvalue weighted by Crippen LogP contribution is 2.72. The Morgan fingerprint density at radius 1 is 1.21 bits per heavy atom. The van der Waals surface area contributed by atoms with Crippen molar-refractivity contribution in [3.05, 3.63) is 24.3 Å². The van der Waals surface area contributed by atoms with Gasteiger partial charge in [-0.1, -0.05) is 31.2 Å². The first-order chi connectivity index (χ1) is 6.57. The standard InChI is InChI=1S/C14H20/c1-10-8-13(3)6-5-12-11(2)4-7-14(12,13)9-10/h12H,1-2,4-9H2,3H3/t12-,13-,14-/m0/s1. The van der Waals surface area contributed by atoms with E-state index in [-0.39, 0.29) is 0 Å². The van der Waals surface area contributed by atoms with E-state index in [1.165, 1.54) is 44.1 Å². The van der Waals surface area contributed by atoms with E-state index in [9.17, 15) is 0 Å². The van der Waals surface area contributed by atoms with E-state index in [0.717, 1.165) is 5.92 Å². The van der Waals surface area contributed by atoms with Crippen LogP contribution >= 0.6 is 0 Å². The maximum absolute atomic E-state index is 4.28. The molecule has 0 heteroatoms. The second-order valence-electron chi connectivity index (χ2n) is 6.07. The molecule has 0 unspecified atom stereocenters. The van der Waals surface area contributed by atoms with Crippen LogP contribution in [0.2, 0.25) is 0 Å². The highest BCUT2D eigenvalue weighted by molar-refractivity contribution is 5.30. The third-order valence-electron chi connectivity index (χ3n) is 5.44. The number of hydrogen-bond acceptors (Lipinski definition) is 0. The highest BCUT2D eigenvalue weighted by Gasteiger charge is 2.63. The van der Waals surface area contributed by atoms with Gasteiger partial charge in [-0.25, -0.2) is 0 Å². The average molecular weight is 188 g/mol. The second kappa shape index (κ2) is 2.35. The number of allylic oxidation sites excluding steroid dienone is 2. The van der Waals surface area contributed by atoms with E-state index < -0.39 is 0 Å². The minimum Gasteiger partial charge on any atom is -0.0998 e. The van der Waals surface area contributed by atoms with Crippen molar-refractivity contribution in [2.45, 2.75) is 45.4 Å². The summed E-state index contributed by atoms with van der Waals surface area (Å²) in [5.41, 5.74) is 4.23. The van der Waals surface area contributed by atoms with E-state index in [1.807, 2.05) is 0 Å². The monoisotopic (exact) mass is 188 g/mol. The van der Waals surface area contributed by atoms with E-state index in [1.54, 1.807) is 5.57 Å². The quantitative estimate of drug-likeness (QED) is 0.502. The van der Waals surface area contributed by atoms with Gasteiger partial charge in [-0.2, -0.15) is 0 Å². The summed E-state index contributed by atoms with van der Waals surface area (Å²) in [7, 11) is 0. The maximum atomic E-state index is 4.28. The van der Waals surface area contributed by atoms with Crippen LogP contribution in [0.25, 0.3) is 0 Å². The normalized spacial score (nSPS) is 51.1. The van der Waals surface area contributed by atoms with Gasteiger partial charge in [0.2, 0.25) is 0 Å². The van der Waals surface area contributed by atoms with Gasteiger partial charge >= 0.3 is 0 Å². The minimum absolute atomic E-state index is 0.578. The van der Waals surface area contributed by atoms with Crippen molar-refractivity contribution in [1.82, 2.24) is 0 Å². The van der Waals surface area contributed by atoms with Crippen LogP contribution in [0.1, 0.15) is 45.4 Å². The summed E-state index contributed by atoms with van der Waals surface area (Å²) in [5, 5.41) is 0. The Hall–Kier alpha value is -0.520. The molecule has 0 aliphatic heterocycles. The maximum Gasteiger partial charge on any atom is -0.0135 e. The van der Waals surface area contributed by atoms with Crippen molar-refractivity contribution >= 4 is 0 Å². The Kier molecular flexibility index (Phi) is 1.47. The predicted molar refractivity (Wildman–Crippen MR) is 60.0 cm³/mol. The van der Waals surface area contributed by atoms with Gasteiger partial charge in [-0.05, 0) is 55.3 Å². The first-order valence-electron chi connectivity index (χ1n) is 5.92. The summed E-state index contributed by atoms with van der Waals surface area (Å²) in [6, 6.07) is 0. The van der Waals surface area contributed by atoms with Crippen molar-refractivity contribution in [2.75, 3.05) is 0 Å². The van der Waals surface area contributed by atoms with Gasteiger partial charge in [0.15, 0.2) is 0 Å². The Morgan fingerprint density at radius 2 is 2.00 bits per heavy atom. The summed E-state index contributed by atoms with van der Waals surface area (Å²) in [4.78, 5) is 0. The average Bonchev–Trinajstić information content (AvgIpc) is 2.60. The smallest absolute Gasteiger partial charge is 0.0135 e. The Bertz CT molecular complexity index is 325. The fraction of sp³-hybridized carbons (Fsp3) is 0.714. The van der Waals surface area contributed by atoms with Crippen molar-refractivity contribution in [1.29, 1.82) is 0 Å². The van der Waals surface area contributed by atoms with Crippen LogP contribution in [0, 0.1) is 16.7 Å². The molecule has 0 nitrogen and oxygen atoms in total. The van der Waals surface area contributed by atoms with Crippen molar-refractivity contribution in [3.8, 4) is 0 Å². The van der Waals surface area contributed by atoms with Crippen LogP contribution in [0.15, 0.2) is 24.3 Å². The van der Waals surface area contributed by atoms with Crippen molar-refractivity contribution in [2.24, 2.45) is 16.7 Å². The number of rotatable bonds is 0. The Balaban J connectivity index is 2.10. The molecule has 0 N–H and O–H groups in total. The Morgan fingerprint density at radius 3 is 2.79 bits per heavy atom. The van der Waals surface area contributed by atoms with Gasteiger partial charge in [-0.15, -0.1) is 0 Å². The summed E-state index contributed by atoms with van der Waals surface area (Å²) in [5.74, 6) is 0.840. The lowest BCUT2D eigenvalue weighted by Crippen LogP contribution is -2.31. The zero-order valence-corrected chi connectivity index (χ0v) is 9.23. The van der Waals surface area contributed by atoms with Gasteiger partial charge in [0.25, 0.3) is 0 Å². The zero-order valence-electron chi connectivity index (χ0n) is 9.23. The van der Waals surface area contributed by atoms with Gasteiger partial charge in [0, 0.05) is 0 Å². The predicted octanol–water partition coefficient (Wildman–Crippen LogP) is 4.09. The molecule has 3 aliphatic rings. The molecule has 0 aromatic carbocycles. The summed E-state index contributed by atoms with van der Waals surface area (Å²) >= 11 is 0. The molecule has 14 heavy (non-hydrogen) atoms. The zero-order chi connectivity index (χ0) is 9.97. The van der Waals surface area contributed by atoms with Crippen LogP contribution in [0.3, 0.4) is 0 Å². The fourth-order valence-corrected chi connectivity index (χ4v) is 4.79. The van der Waals surface area contributed by atoms with Gasteiger partial charge < -0.3 is 0 Å².